The molecule has 1 aliphatic heterocycles. The van der Waals surface area contributed by atoms with Gasteiger partial charge in [-0.3, -0.25) is 4.79 Å². The Morgan fingerprint density at radius 1 is 1.25 bits per heavy atom. The molecule has 1 aromatic heterocycles. The molecule has 28 heavy (non-hydrogen) atoms. The van der Waals surface area contributed by atoms with E-state index < -0.39 is 0 Å². The van der Waals surface area contributed by atoms with Gasteiger partial charge in [0.15, 0.2) is 5.96 Å². The van der Waals surface area contributed by atoms with E-state index in [1.54, 1.807) is 6.20 Å². The predicted octanol–water partition coefficient (Wildman–Crippen LogP) is 2.00. The zero-order valence-electron chi connectivity index (χ0n) is 16.8. The molecule has 0 spiro atoms. The number of aromatic nitrogens is 2. The molecular weight excluding hydrogens is 352 g/mol. The number of carbonyl (C=O) groups excluding carboxylic acids is 1. The van der Waals surface area contributed by atoms with Crippen molar-refractivity contribution in [2.75, 3.05) is 19.6 Å². The van der Waals surface area contributed by atoms with Crippen molar-refractivity contribution in [3.63, 3.8) is 0 Å². The lowest BCUT2D eigenvalue weighted by atomic mass is 10.1. The van der Waals surface area contributed by atoms with E-state index in [1.165, 1.54) is 11.1 Å². The van der Waals surface area contributed by atoms with Crippen molar-refractivity contribution < 1.29 is 4.79 Å². The van der Waals surface area contributed by atoms with Crippen LogP contribution in [0.4, 0.5) is 0 Å². The SMILES string of the molecule is CCNC(=NCc1ccc(Cn2ccnc2)cc1)NC1CCN(C(=O)CC)C1. The van der Waals surface area contributed by atoms with Crippen LogP contribution in [-0.4, -0.2) is 52.0 Å². The molecule has 1 unspecified atom stereocenters. The van der Waals surface area contributed by atoms with Crippen molar-refractivity contribution >= 4 is 11.9 Å². The summed E-state index contributed by atoms with van der Waals surface area (Å²) in [7, 11) is 0. The maximum atomic E-state index is 11.9. The number of aliphatic imine (C=N–C) groups is 1. The predicted molar refractivity (Wildman–Crippen MR) is 111 cm³/mol. The maximum Gasteiger partial charge on any atom is 0.222 e. The lowest BCUT2D eigenvalue weighted by Gasteiger charge is -2.18. The fraction of sp³-hybridized carbons (Fsp3) is 0.476. The maximum absolute atomic E-state index is 11.9. The Morgan fingerprint density at radius 2 is 2.04 bits per heavy atom. The van der Waals surface area contributed by atoms with Crippen LogP contribution in [0.2, 0.25) is 0 Å². The molecule has 3 rings (SSSR count). The molecule has 7 heteroatoms. The van der Waals surface area contributed by atoms with Gasteiger partial charge in [-0.15, -0.1) is 0 Å². The Bertz CT molecular complexity index is 769. The topological polar surface area (TPSA) is 74.6 Å². The number of hydrogen-bond acceptors (Lipinski definition) is 3. The number of nitrogens with one attached hydrogen (secondary N) is 2. The van der Waals surface area contributed by atoms with Crippen LogP contribution in [0.1, 0.15) is 37.8 Å². The molecule has 1 aromatic carbocycles. The van der Waals surface area contributed by atoms with Crippen LogP contribution in [0.25, 0.3) is 0 Å². The lowest BCUT2D eigenvalue weighted by Crippen LogP contribution is -2.45. The first-order chi connectivity index (χ1) is 13.7. The quantitative estimate of drug-likeness (QED) is 0.567. The second-order valence-corrected chi connectivity index (χ2v) is 7.07. The van der Waals surface area contributed by atoms with E-state index in [1.807, 2.05) is 24.3 Å². The van der Waals surface area contributed by atoms with Crippen LogP contribution in [0.15, 0.2) is 48.0 Å². The highest BCUT2D eigenvalue weighted by atomic mass is 16.2. The third-order valence-electron chi connectivity index (χ3n) is 4.90. The zero-order valence-corrected chi connectivity index (χ0v) is 16.8. The third-order valence-corrected chi connectivity index (χ3v) is 4.90. The Hall–Kier alpha value is -2.83. The van der Waals surface area contributed by atoms with E-state index >= 15 is 0 Å². The first kappa shape index (κ1) is 19.9. The normalized spacial score (nSPS) is 17.0. The Morgan fingerprint density at radius 3 is 2.71 bits per heavy atom. The number of hydrogen-bond donors (Lipinski definition) is 2. The van der Waals surface area contributed by atoms with Crippen LogP contribution in [-0.2, 0) is 17.9 Å². The Labute approximate surface area is 166 Å². The highest BCUT2D eigenvalue weighted by Gasteiger charge is 2.25. The van der Waals surface area contributed by atoms with Gasteiger partial charge in [-0.2, -0.15) is 0 Å². The van der Waals surface area contributed by atoms with E-state index in [9.17, 15) is 4.79 Å². The zero-order chi connectivity index (χ0) is 19.8. The third kappa shape index (κ3) is 5.58. The minimum Gasteiger partial charge on any atom is -0.357 e. The molecule has 150 valence electrons. The molecule has 0 bridgehead atoms. The van der Waals surface area contributed by atoms with Gasteiger partial charge in [0.2, 0.25) is 5.91 Å². The molecule has 2 N–H and O–H groups in total. The van der Waals surface area contributed by atoms with Crippen molar-refractivity contribution in [3.8, 4) is 0 Å². The molecule has 0 saturated carbocycles. The molecule has 1 aliphatic rings. The molecule has 2 heterocycles. The number of imidazole rings is 1. The molecule has 1 saturated heterocycles. The number of benzene rings is 1. The number of amides is 1. The number of carbonyl (C=O) groups is 1. The smallest absolute Gasteiger partial charge is 0.222 e. The number of nitrogens with zero attached hydrogens (tertiary/aromatic N) is 4. The van der Waals surface area contributed by atoms with Gasteiger partial charge in [0.05, 0.1) is 12.9 Å². The van der Waals surface area contributed by atoms with Gasteiger partial charge in [-0.25, -0.2) is 9.98 Å². The van der Waals surface area contributed by atoms with E-state index in [4.69, 9.17) is 4.99 Å². The summed E-state index contributed by atoms with van der Waals surface area (Å²) >= 11 is 0. The van der Waals surface area contributed by atoms with Crippen molar-refractivity contribution in [3.05, 3.63) is 54.1 Å². The van der Waals surface area contributed by atoms with E-state index in [0.29, 0.717) is 13.0 Å². The summed E-state index contributed by atoms with van der Waals surface area (Å²) in [5.41, 5.74) is 2.41. The van der Waals surface area contributed by atoms with Gasteiger partial charge in [0.25, 0.3) is 0 Å². The number of likely N-dealkylation sites (tertiary alicyclic amines) is 1. The summed E-state index contributed by atoms with van der Waals surface area (Å²) in [4.78, 5) is 22.6. The van der Waals surface area contributed by atoms with Crippen LogP contribution in [0, 0.1) is 0 Å². The highest BCUT2D eigenvalue weighted by Crippen LogP contribution is 2.11. The molecular formula is C21H30N6O. The Kier molecular flexibility index (Phi) is 7.06. The fourth-order valence-electron chi connectivity index (χ4n) is 3.35. The first-order valence-electron chi connectivity index (χ1n) is 10.0. The van der Waals surface area contributed by atoms with E-state index in [0.717, 1.165) is 38.6 Å². The summed E-state index contributed by atoms with van der Waals surface area (Å²) in [5, 5.41) is 6.78. The summed E-state index contributed by atoms with van der Waals surface area (Å²) in [6.07, 6.45) is 7.10. The van der Waals surface area contributed by atoms with Gasteiger partial charge in [0.1, 0.15) is 0 Å². The average Bonchev–Trinajstić information content (AvgIpc) is 3.39. The van der Waals surface area contributed by atoms with Crippen molar-refractivity contribution in [2.45, 2.75) is 45.8 Å². The second-order valence-electron chi connectivity index (χ2n) is 7.07. The number of rotatable bonds is 7. The fourth-order valence-corrected chi connectivity index (χ4v) is 3.35. The average molecular weight is 383 g/mol. The molecule has 1 amide bonds. The number of guanidine groups is 1. The van der Waals surface area contributed by atoms with Gasteiger partial charge in [-0.05, 0) is 24.5 Å². The summed E-state index contributed by atoms with van der Waals surface area (Å²) in [5.74, 6) is 1.03. The monoisotopic (exact) mass is 382 g/mol. The van der Waals surface area contributed by atoms with Crippen LogP contribution in [0.5, 0.6) is 0 Å². The Balaban J connectivity index is 1.54. The van der Waals surface area contributed by atoms with Gasteiger partial charge in [0, 0.05) is 51.0 Å². The van der Waals surface area contributed by atoms with E-state index in [2.05, 4.69) is 51.4 Å². The largest absolute Gasteiger partial charge is 0.357 e. The van der Waals surface area contributed by atoms with Crippen molar-refractivity contribution in [1.29, 1.82) is 0 Å². The summed E-state index contributed by atoms with van der Waals surface area (Å²) in [6, 6.07) is 8.77. The van der Waals surface area contributed by atoms with Gasteiger partial charge in [-0.1, -0.05) is 31.2 Å². The molecule has 1 atom stereocenters. The van der Waals surface area contributed by atoms with Gasteiger partial charge >= 0.3 is 0 Å². The molecule has 1 fully saturated rings. The van der Waals surface area contributed by atoms with Crippen molar-refractivity contribution in [2.24, 2.45) is 4.99 Å². The second kappa shape index (κ2) is 9.92. The van der Waals surface area contributed by atoms with Crippen LogP contribution >= 0.6 is 0 Å². The van der Waals surface area contributed by atoms with Gasteiger partial charge < -0.3 is 20.1 Å². The summed E-state index contributed by atoms with van der Waals surface area (Å²) in [6.45, 7) is 7.79. The minimum absolute atomic E-state index is 0.224. The lowest BCUT2D eigenvalue weighted by molar-refractivity contribution is -0.129. The molecule has 2 aromatic rings. The molecule has 0 aliphatic carbocycles. The van der Waals surface area contributed by atoms with Crippen LogP contribution in [0.3, 0.4) is 0 Å². The standard InChI is InChI=1S/C21H30N6O/c1-3-20(28)27-11-9-19(15-27)25-21(23-4-2)24-13-17-5-7-18(8-6-17)14-26-12-10-22-16-26/h5-8,10,12,16,19H,3-4,9,11,13-15H2,1-2H3,(H2,23,24,25). The van der Waals surface area contributed by atoms with Crippen molar-refractivity contribution in [1.82, 2.24) is 25.1 Å². The van der Waals surface area contributed by atoms with E-state index in [-0.39, 0.29) is 11.9 Å². The first-order valence-corrected chi connectivity index (χ1v) is 10.0. The summed E-state index contributed by atoms with van der Waals surface area (Å²) < 4.78 is 2.05. The minimum atomic E-state index is 0.224. The molecule has 0 radical (unpaired) electrons. The highest BCUT2D eigenvalue weighted by molar-refractivity contribution is 5.80. The van der Waals surface area contributed by atoms with Crippen LogP contribution < -0.4 is 10.6 Å². The molecule has 7 nitrogen and oxygen atoms in total.